The Labute approximate surface area is 239 Å². The van der Waals surface area contributed by atoms with Crippen LogP contribution in [-0.4, -0.2) is 13.7 Å². The monoisotopic (exact) mass is 529 g/mol. The van der Waals surface area contributed by atoms with Gasteiger partial charge in [0.05, 0.1) is 0 Å². The second-order valence-electron chi connectivity index (χ2n) is 11.4. The number of unbranched alkanes of at least 4 members (excludes halogenated alkanes) is 3. The summed E-state index contributed by atoms with van der Waals surface area (Å²) in [7, 11) is 0. The van der Waals surface area contributed by atoms with Crippen molar-refractivity contribution >= 4 is 32.7 Å². The first kappa shape index (κ1) is 26.5. The van der Waals surface area contributed by atoms with Crippen LogP contribution in [0.4, 0.5) is 0 Å². The van der Waals surface area contributed by atoms with Gasteiger partial charge in [-0.1, -0.05) is 94.6 Å². The standard InChI is InChI=1S/C37H43N3/c1-4-7-22-38-25-31(28-16-10-13-19-34(28)38)37(32-26-39(23-8-5-2)35-20-14-11-17-29(32)35)33-27-40(24-9-6-3)36-21-15-12-18-30(33)36/h10-21,25-27,37H,4-9,22-24H2,1-3H3. The highest BCUT2D eigenvalue weighted by molar-refractivity contribution is 5.93. The highest BCUT2D eigenvalue weighted by Gasteiger charge is 2.28. The summed E-state index contributed by atoms with van der Waals surface area (Å²) in [6.45, 7) is 10.0. The number of aryl methyl sites for hydroxylation is 3. The first-order valence-corrected chi connectivity index (χ1v) is 15.5. The molecule has 0 aliphatic carbocycles. The summed E-state index contributed by atoms with van der Waals surface area (Å²) in [5.41, 5.74) is 8.30. The number of hydrogen-bond donors (Lipinski definition) is 0. The Balaban J connectivity index is 1.65. The van der Waals surface area contributed by atoms with Crippen molar-refractivity contribution in [1.29, 1.82) is 0 Å². The Kier molecular flexibility index (Phi) is 7.82. The van der Waals surface area contributed by atoms with E-state index in [4.69, 9.17) is 0 Å². The molecule has 0 aliphatic heterocycles. The van der Waals surface area contributed by atoms with Crippen LogP contribution in [0.3, 0.4) is 0 Å². The molecular weight excluding hydrogens is 486 g/mol. The predicted octanol–water partition coefficient (Wildman–Crippen LogP) is 10.1. The van der Waals surface area contributed by atoms with E-state index in [2.05, 4.69) is 126 Å². The fraction of sp³-hybridized carbons (Fsp3) is 0.351. The highest BCUT2D eigenvalue weighted by Crippen LogP contribution is 2.44. The summed E-state index contributed by atoms with van der Waals surface area (Å²) in [6.07, 6.45) is 14.6. The lowest BCUT2D eigenvalue weighted by molar-refractivity contribution is 0.643. The molecule has 3 aromatic carbocycles. The zero-order chi connectivity index (χ0) is 27.5. The Morgan fingerprint density at radius 2 is 0.750 bits per heavy atom. The Morgan fingerprint density at radius 3 is 1.05 bits per heavy atom. The van der Waals surface area contributed by atoms with Crippen molar-refractivity contribution in [2.24, 2.45) is 0 Å². The summed E-state index contributed by atoms with van der Waals surface area (Å²) in [5.74, 6) is 0.147. The molecule has 0 bridgehead atoms. The summed E-state index contributed by atoms with van der Waals surface area (Å²) >= 11 is 0. The van der Waals surface area contributed by atoms with Crippen molar-refractivity contribution in [3.63, 3.8) is 0 Å². The lowest BCUT2D eigenvalue weighted by Crippen LogP contribution is -2.03. The van der Waals surface area contributed by atoms with Crippen LogP contribution in [0.1, 0.15) is 81.9 Å². The molecule has 0 unspecified atom stereocenters. The molecule has 0 fully saturated rings. The number of nitrogens with zero attached hydrogens (tertiary/aromatic N) is 3. The SMILES string of the molecule is CCCCn1cc(C(c2cn(CCCC)c3ccccc23)c2cn(CCCC)c3ccccc23)c2ccccc21. The largest absolute Gasteiger partial charge is 0.347 e. The van der Waals surface area contributed by atoms with Crippen LogP contribution in [0.15, 0.2) is 91.4 Å². The maximum absolute atomic E-state index is 2.51. The van der Waals surface area contributed by atoms with Gasteiger partial charge < -0.3 is 13.7 Å². The number of para-hydroxylation sites is 3. The molecule has 3 nitrogen and oxygen atoms in total. The van der Waals surface area contributed by atoms with Gasteiger partial charge in [-0.3, -0.25) is 0 Å². The molecule has 0 radical (unpaired) electrons. The normalized spacial score (nSPS) is 12.0. The van der Waals surface area contributed by atoms with Crippen LogP contribution in [0, 0.1) is 0 Å². The number of aromatic nitrogens is 3. The van der Waals surface area contributed by atoms with Crippen LogP contribution in [0.2, 0.25) is 0 Å². The van der Waals surface area contributed by atoms with Crippen LogP contribution in [-0.2, 0) is 19.6 Å². The Morgan fingerprint density at radius 1 is 0.450 bits per heavy atom. The van der Waals surface area contributed by atoms with Crippen LogP contribution < -0.4 is 0 Å². The first-order chi connectivity index (χ1) is 19.7. The van der Waals surface area contributed by atoms with Crippen molar-refractivity contribution in [3.05, 3.63) is 108 Å². The van der Waals surface area contributed by atoms with E-state index in [0.717, 1.165) is 19.6 Å². The van der Waals surface area contributed by atoms with Crippen LogP contribution in [0.25, 0.3) is 32.7 Å². The zero-order valence-electron chi connectivity index (χ0n) is 24.4. The molecule has 206 valence electrons. The van der Waals surface area contributed by atoms with Gasteiger partial charge in [-0.2, -0.15) is 0 Å². The topological polar surface area (TPSA) is 14.8 Å². The van der Waals surface area contributed by atoms with Gasteiger partial charge in [0.2, 0.25) is 0 Å². The van der Waals surface area contributed by atoms with E-state index in [1.165, 1.54) is 87.9 Å². The molecule has 0 saturated carbocycles. The van der Waals surface area contributed by atoms with Gasteiger partial charge in [0.15, 0.2) is 0 Å². The molecule has 6 aromatic rings. The molecule has 40 heavy (non-hydrogen) atoms. The molecule has 3 heterocycles. The van der Waals surface area contributed by atoms with Crippen molar-refractivity contribution in [2.45, 2.75) is 84.8 Å². The van der Waals surface area contributed by atoms with Gasteiger partial charge in [0.1, 0.15) is 0 Å². The summed E-state index contributed by atoms with van der Waals surface area (Å²) < 4.78 is 7.52. The molecule has 0 saturated heterocycles. The average Bonchev–Trinajstić information content (AvgIpc) is 3.67. The molecule has 0 aliphatic rings. The summed E-state index contributed by atoms with van der Waals surface area (Å²) in [6, 6.07) is 27.1. The maximum Gasteiger partial charge on any atom is 0.0483 e. The van der Waals surface area contributed by atoms with Crippen molar-refractivity contribution < 1.29 is 0 Å². The molecule has 0 N–H and O–H groups in total. The van der Waals surface area contributed by atoms with Gasteiger partial charge in [0.25, 0.3) is 0 Å². The van der Waals surface area contributed by atoms with E-state index >= 15 is 0 Å². The maximum atomic E-state index is 2.51. The minimum absolute atomic E-state index is 0.147. The molecule has 6 rings (SSSR count). The number of fused-ring (bicyclic) bond motifs is 3. The third-order valence-corrected chi connectivity index (χ3v) is 8.65. The fourth-order valence-corrected chi connectivity index (χ4v) is 6.56. The third-order valence-electron chi connectivity index (χ3n) is 8.65. The van der Waals surface area contributed by atoms with Crippen LogP contribution >= 0.6 is 0 Å². The lowest BCUT2D eigenvalue weighted by atomic mass is 9.84. The summed E-state index contributed by atoms with van der Waals surface area (Å²) in [5, 5.41) is 4.12. The predicted molar refractivity (Wildman–Crippen MR) is 171 cm³/mol. The van der Waals surface area contributed by atoms with E-state index in [0.29, 0.717) is 0 Å². The number of benzene rings is 3. The average molecular weight is 530 g/mol. The lowest BCUT2D eigenvalue weighted by Gasteiger charge is -2.17. The molecule has 3 heteroatoms. The fourth-order valence-electron chi connectivity index (χ4n) is 6.56. The Hall–Kier alpha value is -3.72. The highest BCUT2D eigenvalue weighted by atomic mass is 15.0. The Bertz CT molecular complexity index is 1520. The smallest absolute Gasteiger partial charge is 0.0483 e. The zero-order valence-corrected chi connectivity index (χ0v) is 24.4. The van der Waals surface area contributed by atoms with E-state index in [1.54, 1.807) is 0 Å². The van der Waals surface area contributed by atoms with Gasteiger partial charge in [-0.05, 0) is 54.2 Å². The van der Waals surface area contributed by atoms with E-state index in [1.807, 2.05) is 0 Å². The molecule has 0 atom stereocenters. The van der Waals surface area contributed by atoms with Gasteiger partial charge in [0, 0.05) is 76.9 Å². The van der Waals surface area contributed by atoms with E-state index in [9.17, 15) is 0 Å². The van der Waals surface area contributed by atoms with E-state index in [-0.39, 0.29) is 5.92 Å². The minimum atomic E-state index is 0.147. The van der Waals surface area contributed by atoms with Crippen molar-refractivity contribution in [2.75, 3.05) is 0 Å². The molecule has 0 spiro atoms. The number of hydrogen-bond acceptors (Lipinski definition) is 0. The van der Waals surface area contributed by atoms with Crippen molar-refractivity contribution in [1.82, 2.24) is 13.7 Å². The quantitative estimate of drug-likeness (QED) is 0.150. The van der Waals surface area contributed by atoms with Crippen molar-refractivity contribution in [3.8, 4) is 0 Å². The van der Waals surface area contributed by atoms with Gasteiger partial charge in [-0.15, -0.1) is 0 Å². The second kappa shape index (κ2) is 11.8. The van der Waals surface area contributed by atoms with Crippen LogP contribution in [0.5, 0.6) is 0 Å². The third kappa shape index (κ3) is 4.76. The molecule has 3 aromatic heterocycles. The first-order valence-electron chi connectivity index (χ1n) is 15.5. The molecule has 0 amide bonds. The minimum Gasteiger partial charge on any atom is -0.347 e. The van der Waals surface area contributed by atoms with Gasteiger partial charge in [-0.25, -0.2) is 0 Å². The molecular formula is C37H43N3. The van der Waals surface area contributed by atoms with Gasteiger partial charge >= 0.3 is 0 Å². The summed E-state index contributed by atoms with van der Waals surface area (Å²) in [4.78, 5) is 0. The van der Waals surface area contributed by atoms with E-state index < -0.39 is 0 Å². The number of rotatable bonds is 12. The second-order valence-corrected chi connectivity index (χ2v) is 11.4.